The second kappa shape index (κ2) is 4.06. The van der Waals surface area contributed by atoms with Crippen LogP contribution in [0.15, 0.2) is 12.1 Å². The quantitative estimate of drug-likeness (QED) is 0.828. The van der Waals surface area contributed by atoms with Gasteiger partial charge in [-0.15, -0.1) is 0 Å². The van der Waals surface area contributed by atoms with Crippen LogP contribution in [0.2, 0.25) is 0 Å². The van der Waals surface area contributed by atoms with Crippen LogP contribution >= 0.6 is 0 Å². The van der Waals surface area contributed by atoms with Gasteiger partial charge < -0.3 is 14.8 Å². The maximum atomic E-state index is 13.5. The average molecular weight is 211 g/mol. The van der Waals surface area contributed by atoms with Gasteiger partial charge in [0.05, 0.1) is 19.8 Å². The molecular weight excluding hydrogens is 197 g/mol. The minimum Gasteiger partial charge on any atom is -0.496 e. The summed E-state index contributed by atoms with van der Waals surface area (Å²) >= 11 is 0. The number of halogens is 1. The standard InChI is InChI=1S/C11H14FNO2/c1-14-9-4-3-7(12)11(15-2)10(9)8-5-6-13-8/h3-4,8,13H,5-6H2,1-2H3. The summed E-state index contributed by atoms with van der Waals surface area (Å²) in [4.78, 5) is 0. The molecule has 1 atom stereocenters. The van der Waals surface area contributed by atoms with Crippen LogP contribution in [0, 0.1) is 5.82 Å². The van der Waals surface area contributed by atoms with Crippen molar-refractivity contribution in [1.29, 1.82) is 0 Å². The number of methoxy groups -OCH3 is 2. The second-order valence-electron chi connectivity index (χ2n) is 3.49. The van der Waals surface area contributed by atoms with Gasteiger partial charge in [0.2, 0.25) is 0 Å². The smallest absolute Gasteiger partial charge is 0.165 e. The van der Waals surface area contributed by atoms with Gasteiger partial charge in [0, 0.05) is 6.04 Å². The van der Waals surface area contributed by atoms with Crippen molar-refractivity contribution in [1.82, 2.24) is 5.32 Å². The predicted octanol–water partition coefficient (Wildman–Crippen LogP) is 1.88. The Balaban J connectivity index is 2.48. The Kier molecular flexibility index (Phi) is 2.77. The van der Waals surface area contributed by atoms with E-state index in [0.29, 0.717) is 5.75 Å². The molecule has 0 bridgehead atoms. The number of benzene rings is 1. The van der Waals surface area contributed by atoms with Crippen molar-refractivity contribution in [2.75, 3.05) is 20.8 Å². The Labute approximate surface area is 88.2 Å². The lowest BCUT2D eigenvalue weighted by Gasteiger charge is -2.30. The van der Waals surface area contributed by atoms with E-state index in [2.05, 4.69) is 5.32 Å². The lowest BCUT2D eigenvalue weighted by molar-refractivity contribution is 0.320. The van der Waals surface area contributed by atoms with E-state index in [1.54, 1.807) is 13.2 Å². The van der Waals surface area contributed by atoms with Crippen LogP contribution in [0.5, 0.6) is 11.5 Å². The minimum atomic E-state index is -0.345. The molecule has 1 fully saturated rings. The van der Waals surface area contributed by atoms with Gasteiger partial charge in [-0.1, -0.05) is 0 Å². The van der Waals surface area contributed by atoms with Gasteiger partial charge in [-0.05, 0) is 25.1 Å². The highest BCUT2D eigenvalue weighted by Gasteiger charge is 2.27. The molecular formula is C11H14FNO2. The van der Waals surface area contributed by atoms with E-state index in [1.807, 2.05) is 0 Å². The lowest BCUT2D eigenvalue weighted by Crippen LogP contribution is -2.35. The predicted molar refractivity (Wildman–Crippen MR) is 54.9 cm³/mol. The average Bonchev–Trinajstić information content (AvgIpc) is 2.16. The van der Waals surface area contributed by atoms with Crippen LogP contribution in [0.4, 0.5) is 4.39 Å². The highest BCUT2D eigenvalue weighted by Crippen LogP contribution is 2.39. The third-order valence-corrected chi connectivity index (χ3v) is 2.70. The molecule has 2 rings (SSSR count). The van der Waals surface area contributed by atoms with Crippen molar-refractivity contribution in [2.24, 2.45) is 0 Å². The zero-order valence-electron chi connectivity index (χ0n) is 8.84. The maximum Gasteiger partial charge on any atom is 0.165 e. The number of ether oxygens (including phenoxy) is 2. The highest BCUT2D eigenvalue weighted by atomic mass is 19.1. The van der Waals surface area contributed by atoms with E-state index < -0.39 is 0 Å². The second-order valence-corrected chi connectivity index (χ2v) is 3.49. The van der Waals surface area contributed by atoms with Gasteiger partial charge in [0.25, 0.3) is 0 Å². The Hall–Kier alpha value is -1.29. The van der Waals surface area contributed by atoms with E-state index >= 15 is 0 Å². The van der Waals surface area contributed by atoms with Crippen LogP contribution in [0.1, 0.15) is 18.0 Å². The van der Waals surface area contributed by atoms with Gasteiger partial charge in [-0.2, -0.15) is 0 Å². The van der Waals surface area contributed by atoms with Gasteiger partial charge >= 0.3 is 0 Å². The number of hydrogen-bond donors (Lipinski definition) is 1. The Morgan fingerprint density at radius 1 is 1.33 bits per heavy atom. The van der Waals surface area contributed by atoms with Crippen LogP contribution in [0.3, 0.4) is 0 Å². The number of nitrogens with one attached hydrogen (secondary N) is 1. The van der Waals surface area contributed by atoms with Crippen molar-refractivity contribution in [2.45, 2.75) is 12.5 Å². The first-order valence-corrected chi connectivity index (χ1v) is 4.91. The van der Waals surface area contributed by atoms with Crippen LogP contribution in [-0.4, -0.2) is 20.8 Å². The summed E-state index contributed by atoms with van der Waals surface area (Å²) in [5, 5.41) is 3.21. The topological polar surface area (TPSA) is 30.5 Å². The van der Waals surface area contributed by atoms with Gasteiger partial charge in [0.1, 0.15) is 5.75 Å². The zero-order valence-corrected chi connectivity index (χ0v) is 8.84. The summed E-state index contributed by atoms with van der Waals surface area (Å²) < 4.78 is 23.8. The molecule has 1 unspecified atom stereocenters. The molecule has 82 valence electrons. The van der Waals surface area contributed by atoms with E-state index in [4.69, 9.17) is 9.47 Å². The summed E-state index contributed by atoms with van der Waals surface area (Å²) in [5.41, 5.74) is 0.784. The molecule has 0 radical (unpaired) electrons. The number of hydrogen-bond acceptors (Lipinski definition) is 3. The Morgan fingerprint density at radius 2 is 2.07 bits per heavy atom. The first kappa shape index (κ1) is 10.2. The molecule has 1 aliphatic rings. The molecule has 0 aliphatic carbocycles. The fourth-order valence-electron chi connectivity index (χ4n) is 1.81. The van der Waals surface area contributed by atoms with E-state index in [9.17, 15) is 4.39 Å². The fraction of sp³-hybridized carbons (Fsp3) is 0.455. The molecule has 1 N–H and O–H groups in total. The largest absolute Gasteiger partial charge is 0.496 e. The minimum absolute atomic E-state index is 0.144. The Morgan fingerprint density at radius 3 is 2.53 bits per heavy atom. The maximum absolute atomic E-state index is 13.5. The van der Waals surface area contributed by atoms with Crippen LogP contribution in [0.25, 0.3) is 0 Å². The molecule has 0 aromatic heterocycles. The van der Waals surface area contributed by atoms with Crippen molar-refractivity contribution in [3.63, 3.8) is 0 Å². The summed E-state index contributed by atoms with van der Waals surface area (Å²) in [7, 11) is 3.05. The summed E-state index contributed by atoms with van der Waals surface area (Å²) in [5.74, 6) is 0.610. The van der Waals surface area contributed by atoms with E-state index in [1.165, 1.54) is 13.2 Å². The van der Waals surface area contributed by atoms with Crippen LogP contribution < -0.4 is 14.8 Å². The first-order chi connectivity index (χ1) is 7.27. The molecule has 1 heterocycles. The van der Waals surface area contributed by atoms with E-state index in [-0.39, 0.29) is 17.6 Å². The monoisotopic (exact) mass is 211 g/mol. The molecule has 3 nitrogen and oxygen atoms in total. The Bertz CT molecular complexity index is 364. The van der Waals surface area contributed by atoms with Crippen molar-refractivity contribution < 1.29 is 13.9 Å². The molecule has 0 saturated carbocycles. The first-order valence-electron chi connectivity index (χ1n) is 4.91. The van der Waals surface area contributed by atoms with Gasteiger partial charge in [0.15, 0.2) is 11.6 Å². The summed E-state index contributed by atoms with van der Waals surface area (Å²) in [6.45, 7) is 0.952. The number of rotatable bonds is 3. The molecule has 4 heteroatoms. The highest BCUT2D eigenvalue weighted by molar-refractivity contribution is 5.48. The van der Waals surface area contributed by atoms with Crippen molar-refractivity contribution in [3.05, 3.63) is 23.5 Å². The molecule has 1 aromatic carbocycles. The van der Waals surface area contributed by atoms with Crippen molar-refractivity contribution >= 4 is 0 Å². The molecule has 1 saturated heterocycles. The third-order valence-electron chi connectivity index (χ3n) is 2.70. The zero-order chi connectivity index (χ0) is 10.8. The molecule has 1 aromatic rings. The molecule has 15 heavy (non-hydrogen) atoms. The van der Waals surface area contributed by atoms with Crippen LogP contribution in [-0.2, 0) is 0 Å². The third kappa shape index (κ3) is 1.65. The van der Waals surface area contributed by atoms with E-state index in [0.717, 1.165) is 18.5 Å². The normalized spacial score (nSPS) is 19.5. The van der Waals surface area contributed by atoms with Gasteiger partial charge in [-0.25, -0.2) is 4.39 Å². The fourth-order valence-corrected chi connectivity index (χ4v) is 1.81. The lowest BCUT2D eigenvalue weighted by atomic mass is 9.96. The summed E-state index contributed by atoms with van der Waals surface area (Å²) in [6.07, 6.45) is 0.982. The van der Waals surface area contributed by atoms with Crippen molar-refractivity contribution in [3.8, 4) is 11.5 Å². The SMILES string of the molecule is COc1ccc(F)c(OC)c1C1CCN1. The molecule has 0 amide bonds. The molecule has 0 spiro atoms. The molecule has 1 aliphatic heterocycles. The van der Waals surface area contributed by atoms with Gasteiger partial charge in [-0.3, -0.25) is 0 Å². The summed E-state index contributed by atoms with van der Waals surface area (Å²) in [6, 6.07) is 3.14.